The second kappa shape index (κ2) is 7.38. The Morgan fingerprint density at radius 3 is 2.48 bits per heavy atom. The molecule has 1 N–H and O–H groups in total. The topological polar surface area (TPSA) is 83.9 Å². The first-order valence-corrected chi connectivity index (χ1v) is 9.86. The molecule has 1 heterocycles. The second-order valence-electron chi connectivity index (χ2n) is 6.52. The van der Waals surface area contributed by atoms with E-state index in [1.165, 1.54) is 19.1 Å². The number of hydrogen-bond acceptors (Lipinski definition) is 4. The first-order valence-electron chi connectivity index (χ1n) is 8.42. The standard InChI is InChI=1S/C19H20FNO5S/c1-14-6-5-9-16(20)17(14)27(24,25)21(12-15-7-3-2-4-8-15)19(18(22)23)10-11-26-13-19/h2-9H,10-13H2,1H3,(H,22,23)/t19-/m0/s1. The van der Waals surface area contributed by atoms with Crippen molar-refractivity contribution in [1.82, 2.24) is 4.31 Å². The number of carboxylic acid groups (broad SMARTS) is 1. The molecule has 0 radical (unpaired) electrons. The van der Waals surface area contributed by atoms with Gasteiger partial charge in [0.25, 0.3) is 0 Å². The molecule has 0 bridgehead atoms. The van der Waals surface area contributed by atoms with Gasteiger partial charge in [0.1, 0.15) is 10.7 Å². The summed E-state index contributed by atoms with van der Waals surface area (Å²) in [7, 11) is -4.45. The number of ether oxygens (including phenoxy) is 1. The Hall–Kier alpha value is -2.29. The van der Waals surface area contributed by atoms with Crippen molar-refractivity contribution in [2.24, 2.45) is 0 Å². The maximum Gasteiger partial charge on any atom is 0.327 e. The molecule has 0 spiro atoms. The van der Waals surface area contributed by atoms with Gasteiger partial charge in [0.2, 0.25) is 10.0 Å². The highest BCUT2D eigenvalue weighted by molar-refractivity contribution is 7.89. The highest BCUT2D eigenvalue weighted by atomic mass is 32.2. The van der Waals surface area contributed by atoms with Crippen LogP contribution in [0.4, 0.5) is 4.39 Å². The number of rotatable bonds is 6. The highest BCUT2D eigenvalue weighted by Crippen LogP contribution is 2.35. The summed E-state index contributed by atoms with van der Waals surface area (Å²) in [6.45, 7) is 1.10. The molecule has 2 aromatic carbocycles. The predicted molar refractivity (Wildman–Crippen MR) is 96.1 cm³/mol. The van der Waals surface area contributed by atoms with Crippen LogP contribution in [-0.2, 0) is 26.1 Å². The van der Waals surface area contributed by atoms with Crippen LogP contribution < -0.4 is 0 Å². The zero-order chi connectivity index (χ0) is 19.7. The van der Waals surface area contributed by atoms with Crippen LogP contribution in [0.1, 0.15) is 17.5 Å². The highest BCUT2D eigenvalue weighted by Gasteiger charge is 2.53. The van der Waals surface area contributed by atoms with Crippen LogP contribution in [0, 0.1) is 12.7 Å². The molecule has 1 atom stereocenters. The summed E-state index contributed by atoms with van der Waals surface area (Å²) < 4.78 is 47.5. The number of halogens is 1. The molecular weight excluding hydrogens is 373 g/mol. The quantitative estimate of drug-likeness (QED) is 0.816. The minimum atomic E-state index is -4.45. The number of hydrogen-bond donors (Lipinski definition) is 1. The van der Waals surface area contributed by atoms with E-state index in [4.69, 9.17) is 4.74 Å². The fraction of sp³-hybridized carbons (Fsp3) is 0.316. The lowest BCUT2D eigenvalue weighted by atomic mass is 9.98. The molecule has 1 aliphatic rings. The summed E-state index contributed by atoms with van der Waals surface area (Å²) >= 11 is 0. The van der Waals surface area contributed by atoms with Gasteiger partial charge in [-0.15, -0.1) is 0 Å². The van der Waals surface area contributed by atoms with Gasteiger partial charge in [-0.1, -0.05) is 42.5 Å². The third-order valence-corrected chi connectivity index (χ3v) is 6.85. The lowest BCUT2D eigenvalue weighted by molar-refractivity contribution is -0.148. The van der Waals surface area contributed by atoms with Gasteiger partial charge in [0, 0.05) is 19.6 Å². The smallest absolute Gasteiger partial charge is 0.327 e. The molecule has 0 amide bonds. The van der Waals surface area contributed by atoms with E-state index in [0.717, 1.165) is 10.4 Å². The van der Waals surface area contributed by atoms with Crippen LogP contribution >= 0.6 is 0 Å². The van der Waals surface area contributed by atoms with Gasteiger partial charge in [0.05, 0.1) is 6.61 Å². The molecule has 3 rings (SSSR count). The second-order valence-corrected chi connectivity index (χ2v) is 8.32. The Morgan fingerprint density at radius 2 is 1.93 bits per heavy atom. The average Bonchev–Trinajstić information content (AvgIpc) is 3.11. The van der Waals surface area contributed by atoms with Crippen LogP contribution in [0.5, 0.6) is 0 Å². The molecular formula is C19H20FNO5S. The minimum absolute atomic E-state index is 0.0120. The minimum Gasteiger partial charge on any atom is -0.480 e. The molecule has 27 heavy (non-hydrogen) atoms. The van der Waals surface area contributed by atoms with E-state index in [1.54, 1.807) is 30.3 Å². The lowest BCUT2D eigenvalue weighted by Gasteiger charge is -2.36. The number of nitrogens with zero attached hydrogens (tertiary/aromatic N) is 1. The molecule has 1 aliphatic heterocycles. The molecule has 6 nitrogen and oxygen atoms in total. The Kier molecular flexibility index (Phi) is 5.32. The third-order valence-electron chi connectivity index (χ3n) is 4.76. The zero-order valence-electron chi connectivity index (χ0n) is 14.8. The molecule has 8 heteroatoms. The van der Waals surface area contributed by atoms with Crippen molar-refractivity contribution in [2.75, 3.05) is 13.2 Å². The van der Waals surface area contributed by atoms with Crippen LogP contribution in [0.25, 0.3) is 0 Å². The number of carbonyl (C=O) groups is 1. The Labute approximate surface area is 157 Å². The van der Waals surface area contributed by atoms with E-state index < -0.39 is 32.2 Å². The predicted octanol–water partition coefficient (Wildman–Crippen LogP) is 2.57. The van der Waals surface area contributed by atoms with E-state index >= 15 is 0 Å². The van der Waals surface area contributed by atoms with Gasteiger partial charge < -0.3 is 9.84 Å². The van der Waals surface area contributed by atoms with Crippen molar-refractivity contribution in [3.63, 3.8) is 0 Å². The van der Waals surface area contributed by atoms with Gasteiger partial charge in [-0.25, -0.2) is 12.8 Å². The largest absolute Gasteiger partial charge is 0.480 e. The third kappa shape index (κ3) is 3.47. The van der Waals surface area contributed by atoms with Gasteiger partial charge in [-0.2, -0.15) is 4.31 Å². The van der Waals surface area contributed by atoms with E-state index in [9.17, 15) is 22.7 Å². The van der Waals surface area contributed by atoms with Crippen molar-refractivity contribution in [2.45, 2.75) is 30.3 Å². The molecule has 2 aromatic rings. The van der Waals surface area contributed by atoms with Crippen LogP contribution in [-0.4, -0.2) is 42.6 Å². The van der Waals surface area contributed by atoms with E-state index in [0.29, 0.717) is 5.56 Å². The van der Waals surface area contributed by atoms with E-state index in [1.807, 2.05) is 0 Å². The van der Waals surface area contributed by atoms with Gasteiger partial charge in [0.15, 0.2) is 5.54 Å². The fourth-order valence-electron chi connectivity index (χ4n) is 3.30. The maximum absolute atomic E-state index is 14.5. The van der Waals surface area contributed by atoms with Gasteiger partial charge in [-0.05, 0) is 24.1 Å². The van der Waals surface area contributed by atoms with Crippen molar-refractivity contribution in [3.05, 3.63) is 65.5 Å². The molecule has 0 saturated carbocycles. The molecule has 0 aromatic heterocycles. The van der Waals surface area contributed by atoms with Gasteiger partial charge in [-0.3, -0.25) is 4.79 Å². The number of sulfonamides is 1. The number of aryl methyl sites for hydroxylation is 1. The maximum atomic E-state index is 14.5. The average molecular weight is 393 g/mol. The summed E-state index contributed by atoms with van der Waals surface area (Å²) in [5.74, 6) is -2.22. The summed E-state index contributed by atoms with van der Waals surface area (Å²) in [5, 5.41) is 9.88. The summed E-state index contributed by atoms with van der Waals surface area (Å²) in [4.78, 5) is 11.6. The molecule has 0 unspecified atom stereocenters. The number of aliphatic carboxylic acids is 1. The molecule has 144 valence electrons. The Balaban J connectivity index is 2.19. The lowest BCUT2D eigenvalue weighted by Crippen LogP contribution is -2.57. The SMILES string of the molecule is Cc1cccc(F)c1S(=O)(=O)N(Cc1ccccc1)[C@@]1(C(=O)O)CCOC1. The van der Waals surface area contributed by atoms with Crippen molar-refractivity contribution < 1.29 is 27.4 Å². The summed E-state index contributed by atoms with van der Waals surface area (Å²) in [6, 6.07) is 12.6. The van der Waals surface area contributed by atoms with Crippen LogP contribution in [0.3, 0.4) is 0 Å². The first-order chi connectivity index (χ1) is 12.8. The van der Waals surface area contributed by atoms with Gasteiger partial charge >= 0.3 is 5.97 Å². The molecule has 1 fully saturated rings. The number of benzene rings is 2. The van der Waals surface area contributed by atoms with Crippen molar-refractivity contribution >= 4 is 16.0 Å². The Bertz CT molecular complexity index is 920. The van der Waals surface area contributed by atoms with Crippen LogP contribution in [0.15, 0.2) is 53.4 Å². The van der Waals surface area contributed by atoms with Crippen molar-refractivity contribution in [1.29, 1.82) is 0 Å². The van der Waals surface area contributed by atoms with Crippen LogP contribution in [0.2, 0.25) is 0 Å². The fourth-order valence-corrected chi connectivity index (χ4v) is 5.31. The summed E-state index contributed by atoms with van der Waals surface area (Å²) in [6.07, 6.45) is -0.0120. The zero-order valence-corrected chi connectivity index (χ0v) is 15.6. The monoisotopic (exact) mass is 393 g/mol. The van der Waals surface area contributed by atoms with Crippen molar-refractivity contribution in [3.8, 4) is 0 Å². The first kappa shape index (κ1) is 19.5. The summed E-state index contributed by atoms with van der Waals surface area (Å²) in [5.41, 5.74) is -0.973. The normalized spacial score (nSPS) is 20.1. The Morgan fingerprint density at radius 1 is 1.22 bits per heavy atom. The van der Waals surface area contributed by atoms with E-state index in [2.05, 4.69) is 0 Å². The molecule has 1 saturated heterocycles. The molecule has 0 aliphatic carbocycles. The van der Waals surface area contributed by atoms with E-state index in [-0.39, 0.29) is 31.7 Å². The number of carboxylic acids is 1.